The van der Waals surface area contributed by atoms with E-state index in [2.05, 4.69) is 25.0 Å². The summed E-state index contributed by atoms with van der Waals surface area (Å²) in [4.78, 5) is 1.29. The fraction of sp³-hybridized carbons (Fsp3) is 0.500. The SMILES string of the molecule is CSC1C=C(CS)SC(=S)S1. The molecule has 0 aromatic carbocycles. The average Bonchev–Trinajstić information content (AvgIpc) is 2.03. The zero-order valence-electron chi connectivity index (χ0n) is 5.94. The van der Waals surface area contributed by atoms with Crippen molar-refractivity contribution in [3.05, 3.63) is 11.0 Å². The van der Waals surface area contributed by atoms with Crippen molar-refractivity contribution in [2.75, 3.05) is 12.0 Å². The maximum Gasteiger partial charge on any atom is 0.110 e. The third-order valence-corrected chi connectivity index (χ3v) is 5.51. The van der Waals surface area contributed by atoms with Crippen molar-refractivity contribution in [3.63, 3.8) is 0 Å². The molecule has 0 bridgehead atoms. The van der Waals surface area contributed by atoms with Crippen LogP contribution in [-0.2, 0) is 0 Å². The Balaban J connectivity index is 2.64. The predicted octanol–water partition coefficient (Wildman–Crippen LogP) is 3.25. The molecule has 1 heterocycles. The number of thiol groups is 1. The van der Waals surface area contributed by atoms with Gasteiger partial charge in [0.15, 0.2) is 0 Å². The van der Waals surface area contributed by atoms with Crippen LogP contribution in [0.25, 0.3) is 0 Å². The van der Waals surface area contributed by atoms with Crippen LogP contribution in [0, 0.1) is 0 Å². The van der Waals surface area contributed by atoms with Crippen molar-refractivity contribution in [2.45, 2.75) is 4.58 Å². The molecule has 5 heteroatoms. The molecule has 0 fully saturated rings. The highest BCUT2D eigenvalue weighted by atomic mass is 32.3. The summed E-state index contributed by atoms with van der Waals surface area (Å²) in [6.45, 7) is 0. The summed E-state index contributed by atoms with van der Waals surface area (Å²) in [5, 5.41) is 0. The van der Waals surface area contributed by atoms with E-state index in [1.807, 2.05) is 11.8 Å². The van der Waals surface area contributed by atoms with Crippen LogP contribution in [0.3, 0.4) is 0 Å². The van der Waals surface area contributed by atoms with Gasteiger partial charge in [-0.25, -0.2) is 0 Å². The van der Waals surface area contributed by atoms with Crippen LogP contribution < -0.4 is 0 Å². The Kier molecular flexibility index (Phi) is 4.75. The number of thioether (sulfide) groups is 3. The molecule has 0 radical (unpaired) electrons. The molecule has 0 nitrogen and oxygen atoms in total. The normalized spacial score (nSPS) is 25.1. The zero-order valence-corrected chi connectivity index (χ0v) is 10.1. The molecule has 1 aliphatic rings. The van der Waals surface area contributed by atoms with Crippen molar-refractivity contribution in [2.24, 2.45) is 0 Å². The van der Waals surface area contributed by atoms with E-state index < -0.39 is 0 Å². The smallest absolute Gasteiger partial charge is 0.110 e. The highest BCUT2D eigenvalue weighted by Crippen LogP contribution is 2.39. The third-order valence-electron chi connectivity index (χ3n) is 1.14. The minimum absolute atomic E-state index is 0.505. The van der Waals surface area contributed by atoms with Gasteiger partial charge in [-0.15, -0.1) is 11.8 Å². The van der Waals surface area contributed by atoms with Crippen LogP contribution >= 0.6 is 60.1 Å². The van der Waals surface area contributed by atoms with E-state index in [1.54, 1.807) is 23.5 Å². The molecule has 0 spiro atoms. The van der Waals surface area contributed by atoms with Gasteiger partial charge in [0.25, 0.3) is 0 Å². The van der Waals surface area contributed by atoms with Gasteiger partial charge < -0.3 is 0 Å². The molecular formula is C6H8S5. The van der Waals surface area contributed by atoms with Crippen molar-refractivity contribution in [3.8, 4) is 0 Å². The van der Waals surface area contributed by atoms with E-state index in [0.717, 1.165) is 9.28 Å². The van der Waals surface area contributed by atoms with E-state index >= 15 is 0 Å². The van der Waals surface area contributed by atoms with Crippen LogP contribution in [0.1, 0.15) is 0 Å². The Bertz CT molecular complexity index is 185. The van der Waals surface area contributed by atoms with Crippen LogP contribution in [0.2, 0.25) is 0 Å². The fourth-order valence-corrected chi connectivity index (χ4v) is 4.82. The highest BCUT2D eigenvalue weighted by Gasteiger charge is 2.16. The average molecular weight is 240 g/mol. The first kappa shape index (κ1) is 10.3. The predicted molar refractivity (Wildman–Crippen MR) is 67.0 cm³/mol. The molecule has 0 N–H and O–H groups in total. The first-order chi connectivity index (χ1) is 5.26. The summed E-state index contributed by atoms with van der Waals surface area (Å²) < 4.78 is 1.53. The molecule has 0 aliphatic carbocycles. The molecular weight excluding hydrogens is 232 g/mol. The Morgan fingerprint density at radius 2 is 2.55 bits per heavy atom. The summed E-state index contributed by atoms with van der Waals surface area (Å²) in [7, 11) is 0. The van der Waals surface area contributed by atoms with Gasteiger partial charge in [-0.05, 0) is 11.2 Å². The van der Waals surface area contributed by atoms with Gasteiger partial charge in [-0.3, -0.25) is 0 Å². The van der Waals surface area contributed by atoms with Gasteiger partial charge in [-0.2, -0.15) is 12.6 Å². The zero-order chi connectivity index (χ0) is 8.27. The summed E-state index contributed by atoms with van der Waals surface area (Å²) in [5.74, 6) is 0.808. The van der Waals surface area contributed by atoms with Crippen LogP contribution in [0.4, 0.5) is 0 Å². The fourth-order valence-electron chi connectivity index (χ4n) is 0.647. The minimum Gasteiger partial charge on any atom is -0.174 e. The number of hydrogen-bond acceptors (Lipinski definition) is 5. The first-order valence-electron chi connectivity index (χ1n) is 2.99. The second-order valence-electron chi connectivity index (χ2n) is 1.87. The molecule has 1 atom stereocenters. The van der Waals surface area contributed by atoms with E-state index in [-0.39, 0.29) is 0 Å². The van der Waals surface area contributed by atoms with Crippen molar-refractivity contribution >= 4 is 63.7 Å². The maximum absolute atomic E-state index is 5.13. The first-order valence-corrected chi connectivity index (χ1v) is 7.01. The Morgan fingerprint density at radius 3 is 3.09 bits per heavy atom. The van der Waals surface area contributed by atoms with E-state index in [0.29, 0.717) is 4.58 Å². The molecule has 1 unspecified atom stereocenters. The quantitative estimate of drug-likeness (QED) is 0.581. The van der Waals surface area contributed by atoms with Crippen LogP contribution in [-0.4, -0.2) is 20.1 Å². The third kappa shape index (κ3) is 3.22. The molecule has 0 saturated carbocycles. The summed E-state index contributed by atoms with van der Waals surface area (Å²) in [6.07, 6.45) is 4.34. The van der Waals surface area contributed by atoms with Gasteiger partial charge in [0.1, 0.15) is 3.53 Å². The van der Waals surface area contributed by atoms with E-state index in [4.69, 9.17) is 12.2 Å². The molecule has 0 aromatic rings. The summed E-state index contributed by atoms with van der Waals surface area (Å²) in [5.41, 5.74) is 0. The molecule has 0 saturated heterocycles. The second kappa shape index (κ2) is 5.07. The van der Waals surface area contributed by atoms with E-state index in [1.165, 1.54) is 4.91 Å². The highest BCUT2D eigenvalue weighted by molar-refractivity contribution is 8.51. The van der Waals surface area contributed by atoms with E-state index in [9.17, 15) is 0 Å². The van der Waals surface area contributed by atoms with Crippen molar-refractivity contribution in [1.29, 1.82) is 0 Å². The molecule has 1 rings (SSSR count). The monoisotopic (exact) mass is 240 g/mol. The molecule has 0 aromatic heterocycles. The van der Waals surface area contributed by atoms with Crippen molar-refractivity contribution < 1.29 is 0 Å². The maximum atomic E-state index is 5.13. The molecule has 0 amide bonds. The lowest BCUT2D eigenvalue weighted by molar-refractivity contribution is 1.58. The van der Waals surface area contributed by atoms with Gasteiger partial charge in [-0.1, -0.05) is 41.8 Å². The molecule has 1 aliphatic heterocycles. The summed E-state index contributed by atoms with van der Waals surface area (Å²) >= 11 is 14.6. The largest absolute Gasteiger partial charge is 0.174 e. The molecule has 62 valence electrons. The Labute approximate surface area is 90.8 Å². The lowest BCUT2D eigenvalue weighted by Gasteiger charge is -2.17. The van der Waals surface area contributed by atoms with Crippen molar-refractivity contribution in [1.82, 2.24) is 0 Å². The Morgan fingerprint density at radius 1 is 1.82 bits per heavy atom. The van der Waals surface area contributed by atoms with Crippen LogP contribution in [0.5, 0.6) is 0 Å². The second-order valence-corrected chi connectivity index (χ2v) is 6.93. The molecule has 11 heavy (non-hydrogen) atoms. The van der Waals surface area contributed by atoms with Crippen LogP contribution in [0.15, 0.2) is 11.0 Å². The topological polar surface area (TPSA) is 0 Å². The minimum atomic E-state index is 0.505. The standard InChI is InChI=1S/C6H8S5/c1-9-5-2-4(3-7)10-6(8)11-5/h2,5,7H,3H2,1H3. The number of hydrogen-bond donors (Lipinski definition) is 1. The number of thiocarbonyl (C=S) groups is 1. The van der Waals surface area contributed by atoms with Gasteiger partial charge in [0.05, 0.1) is 4.58 Å². The van der Waals surface area contributed by atoms with Gasteiger partial charge in [0, 0.05) is 5.75 Å². The summed E-state index contributed by atoms with van der Waals surface area (Å²) in [6, 6.07) is 0. The Hall–Kier alpha value is 1.23. The number of rotatable bonds is 2. The van der Waals surface area contributed by atoms with Gasteiger partial charge >= 0.3 is 0 Å². The lowest BCUT2D eigenvalue weighted by atomic mass is 10.6. The lowest BCUT2D eigenvalue weighted by Crippen LogP contribution is -2.02. The van der Waals surface area contributed by atoms with Gasteiger partial charge in [0.2, 0.25) is 0 Å².